The smallest absolute Gasteiger partial charge is 0.125 e. The molecule has 1 aromatic carbocycles. The third kappa shape index (κ3) is 2.62. The van der Waals surface area contributed by atoms with Crippen LogP contribution >= 0.6 is 11.6 Å². The minimum absolute atomic E-state index is 0.581. The van der Waals surface area contributed by atoms with Crippen LogP contribution in [0.1, 0.15) is 28.7 Å². The molecule has 0 aliphatic rings. The summed E-state index contributed by atoms with van der Waals surface area (Å²) in [6.07, 6.45) is 0.867. The van der Waals surface area contributed by atoms with Crippen molar-refractivity contribution in [1.29, 1.82) is 0 Å². The van der Waals surface area contributed by atoms with Gasteiger partial charge in [-0.1, -0.05) is 23.7 Å². The summed E-state index contributed by atoms with van der Waals surface area (Å²) in [5, 5.41) is 10.8. The van der Waals surface area contributed by atoms with Gasteiger partial charge in [0.15, 0.2) is 0 Å². The molecule has 0 saturated carbocycles. The van der Waals surface area contributed by atoms with Crippen LogP contribution in [0.15, 0.2) is 30.5 Å². The van der Waals surface area contributed by atoms with Gasteiger partial charge in [-0.05, 0) is 37.1 Å². The third-order valence-corrected chi connectivity index (χ3v) is 3.00. The Bertz CT molecular complexity index is 543. The second-order valence-corrected chi connectivity index (χ2v) is 4.35. The van der Waals surface area contributed by atoms with Gasteiger partial charge in [0.1, 0.15) is 11.9 Å². The maximum absolute atomic E-state index is 10.2. The van der Waals surface area contributed by atoms with E-state index in [9.17, 15) is 5.11 Å². The van der Waals surface area contributed by atoms with Gasteiger partial charge in [-0.2, -0.15) is 0 Å². The van der Waals surface area contributed by atoms with Crippen molar-refractivity contribution in [2.24, 2.45) is 0 Å². The lowest BCUT2D eigenvalue weighted by atomic mass is 10.0. The fourth-order valence-electron chi connectivity index (χ4n) is 1.58. The summed E-state index contributed by atoms with van der Waals surface area (Å²) in [5.74, 6) is 0.639. The van der Waals surface area contributed by atoms with E-state index in [0.29, 0.717) is 16.5 Å². The Morgan fingerprint density at radius 3 is 2.65 bits per heavy atom. The molecule has 0 bridgehead atoms. The predicted molar refractivity (Wildman–Crippen MR) is 67.0 cm³/mol. The molecule has 0 spiro atoms. The van der Waals surface area contributed by atoms with Gasteiger partial charge in [-0.3, -0.25) is 0 Å². The first kappa shape index (κ1) is 12.0. The number of aromatic nitrogens is 2. The Morgan fingerprint density at radius 1 is 1.24 bits per heavy atom. The molecule has 1 unspecified atom stereocenters. The monoisotopic (exact) mass is 248 g/mol. The van der Waals surface area contributed by atoms with Crippen LogP contribution in [0.5, 0.6) is 0 Å². The zero-order valence-electron chi connectivity index (χ0n) is 9.68. The average molecular weight is 249 g/mol. The molecule has 2 aromatic rings. The van der Waals surface area contributed by atoms with Crippen molar-refractivity contribution in [3.05, 3.63) is 58.1 Å². The quantitative estimate of drug-likeness (QED) is 0.889. The Balaban J connectivity index is 2.36. The second-order valence-electron chi connectivity index (χ2n) is 3.94. The standard InChI is InChI=1S/C13H13ClN2O/c1-8-3-4-10(7-11(8)14)13(17)12-5-6-15-9(2)16-12/h3-7,13,17H,1-2H3. The number of nitrogens with zero attached hydrogens (tertiary/aromatic N) is 2. The van der Waals surface area contributed by atoms with Crippen molar-refractivity contribution in [2.45, 2.75) is 20.0 Å². The zero-order valence-corrected chi connectivity index (χ0v) is 10.4. The molecule has 0 radical (unpaired) electrons. The first-order valence-electron chi connectivity index (χ1n) is 5.31. The maximum Gasteiger partial charge on any atom is 0.125 e. The van der Waals surface area contributed by atoms with Crippen molar-refractivity contribution in [3.8, 4) is 0 Å². The van der Waals surface area contributed by atoms with E-state index >= 15 is 0 Å². The maximum atomic E-state index is 10.2. The number of aliphatic hydroxyl groups excluding tert-OH is 1. The van der Waals surface area contributed by atoms with Gasteiger partial charge in [0.25, 0.3) is 0 Å². The molecule has 88 valence electrons. The normalized spacial score (nSPS) is 12.5. The van der Waals surface area contributed by atoms with Gasteiger partial charge in [0.2, 0.25) is 0 Å². The van der Waals surface area contributed by atoms with E-state index in [4.69, 9.17) is 11.6 Å². The summed E-state index contributed by atoms with van der Waals surface area (Å²) in [6.45, 7) is 3.71. The number of hydrogen-bond acceptors (Lipinski definition) is 3. The topological polar surface area (TPSA) is 46.0 Å². The third-order valence-electron chi connectivity index (χ3n) is 2.59. The molecule has 1 atom stereocenters. The van der Waals surface area contributed by atoms with E-state index in [1.54, 1.807) is 25.3 Å². The molecule has 0 amide bonds. The number of rotatable bonds is 2. The van der Waals surface area contributed by atoms with Crippen molar-refractivity contribution >= 4 is 11.6 Å². The number of hydrogen-bond donors (Lipinski definition) is 1. The fraction of sp³-hybridized carbons (Fsp3) is 0.231. The molecule has 0 fully saturated rings. The highest BCUT2D eigenvalue weighted by Gasteiger charge is 2.13. The molecule has 1 aromatic heterocycles. The Hall–Kier alpha value is -1.45. The fourth-order valence-corrected chi connectivity index (χ4v) is 1.77. The van der Waals surface area contributed by atoms with Crippen LogP contribution in [0.4, 0.5) is 0 Å². The molecular weight excluding hydrogens is 236 g/mol. The Morgan fingerprint density at radius 2 is 2.00 bits per heavy atom. The minimum atomic E-state index is -0.769. The Kier molecular flexibility index (Phi) is 3.41. The lowest BCUT2D eigenvalue weighted by molar-refractivity contribution is 0.215. The molecular formula is C13H13ClN2O. The summed E-state index contributed by atoms with van der Waals surface area (Å²) in [7, 11) is 0. The number of aliphatic hydroxyl groups is 1. The van der Waals surface area contributed by atoms with Crippen LogP contribution in [0.25, 0.3) is 0 Å². The summed E-state index contributed by atoms with van der Waals surface area (Å²) in [5.41, 5.74) is 2.30. The molecule has 1 N–H and O–H groups in total. The number of aryl methyl sites for hydroxylation is 2. The molecule has 0 aliphatic heterocycles. The lowest BCUT2D eigenvalue weighted by Crippen LogP contribution is -2.04. The van der Waals surface area contributed by atoms with E-state index < -0.39 is 6.10 Å². The van der Waals surface area contributed by atoms with E-state index in [2.05, 4.69) is 9.97 Å². The average Bonchev–Trinajstić information content (AvgIpc) is 2.32. The van der Waals surface area contributed by atoms with Crippen LogP contribution in [0, 0.1) is 13.8 Å². The number of halogens is 1. The highest BCUT2D eigenvalue weighted by Crippen LogP contribution is 2.24. The van der Waals surface area contributed by atoms with Crippen LogP contribution in [-0.2, 0) is 0 Å². The van der Waals surface area contributed by atoms with Crippen LogP contribution in [-0.4, -0.2) is 15.1 Å². The van der Waals surface area contributed by atoms with Crippen LogP contribution in [0.2, 0.25) is 5.02 Å². The predicted octanol–water partition coefficient (Wildman–Crippen LogP) is 2.83. The van der Waals surface area contributed by atoms with Gasteiger partial charge >= 0.3 is 0 Å². The summed E-state index contributed by atoms with van der Waals surface area (Å²) in [6, 6.07) is 7.20. The zero-order chi connectivity index (χ0) is 12.4. The summed E-state index contributed by atoms with van der Waals surface area (Å²) < 4.78 is 0. The van der Waals surface area contributed by atoms with Gasteiger partial charge < -0.3 is 5.11 Å². The summed E-state index contributed by atoms with van der Waals surface area (Å²) in [4.78, 5) is 8.20. The van der Waals surface area contributed by atoms with Crippen molar-refractivity contribution in [1.82, 2.24) is 9.97 Å². The summed E-state index contributed by atoms with van der Waals surface area (Å²) >= 11 is 6.03. The van der Waals surface area contributed by atoms with Gasteiger partial charge in [-0.15, -0.1) is 0 Å². The second kappa shape index (κ2) is 4.82. The first-order valence-corrected chi connectivity index (χ1v) is 5.69. The SMILES string of the molecule is Cc1nccc(C(O)c2ccc(C)c(Cl)c2)n1. The molecule has 0 aliphatic carbocycles. The minimum Gasteiger partial charge on any atom is -0.382 e. The highest BCUT2D eigenvalue weighted by molar-refractivity contribution is 6.31. The molecule has 1 heterocycles. The van der Waals surface area contributed by atoms with Gasteiger partial charge in [0, 0.05) is 11.2 Å². The Labute approximate surface area is 105 Å². The van der Waals surface area contributed by atoms with Crippen molar-refractivity contribution in [3.63, 3.8) is 0 Å². The first-order chi connectivity index (χ1) is 8.08. The molecule has 4 heteroatoms. The molecule has 2 rings (SSSR count). The molecule has 17 heavy (non-hydrogen) atoms. The van der Waals surface area contributed by atoms with E-state index in [0.717, 1.165) is 11.1 Å². The van der Waals surface area contributed by atoms with E-state index in [-0.39, 0.29) is 0 Å². The van der Waals surface area contributed by atoms with Gasteiger partial charge in [0.05, 0.1) is 5.69 Å². The molecule has 3 nitrogen and oxygen atoms in total. The highest BCUT2D eigenvalue weighted by atomic mass is 35.5. The van der Waals surface area contributed by atoms with Crippen molar-refractivity contribution < 1.29 is 5.11 Å². The van der Waals surface area contributed by atoms with E-state index in [1.165, 1.54) is 0 Å². The largest absolute Gasteiger partial charge is 0.382 e. The molecule has 0 saturated heterocycles. The van der Waals surface area contributed by atoms with Gasteiger partial charge in [-0.25, -0.2) is 9.97 Å². The van der Waals surface area contributed by atoms with Crippen molar-refractivity contribution in [2.75, 3.05) is 0 Å². The van der Waals surface area contributed by atoms with E-state index in [1.807, 2.05) is 19.1 Å². The van der Waals surface area contributed by atoms with Crippen LogP contribution < -0.4 is 0 Å². The lowest BCUT2D eigenvalue weighted by Gasteiger charge is -2.11. The van der Waals surface area contributed by atoms with Crippen LogP contribution in [0.3, 0.4) is 0 Å². The number of benzene rings is 1.